The average Bonchev–Trinajstić information content (AvgIpc) is 3.96. The summed E-state index contributed by atoms with van der Waals surface area (Å²) in [5.74, 6) is 0. The second-order valence-corrected chi connectivity index (χ2v) is 19.6. The lowest BCUT2D eigenvalue weighted by molar-refractivity contribution is 0.0962. The van der Waals surface area contributed by atoms with Crippen LogP contribution in [0.25, 0.3) is 35.5 Å². The number of aliphatic hydroxyl groups excluding tert-OH is 2. The van der Waals surface area contributed by atoms with Crippen LogP contribution in [0.5, 0.6) is 0 Å². The maximum Gasteiger partial charge on any atom is 0.0973 e. The van der Waals surface area contributed by atoms with Gasteiger partial charge in [-0.05, 0) is 103 Å². The summed E-state index contributed by atoms with van der Waals surface area (Å²) < 4.78 is 14.9. The quantitative estimate of drug-likeness (QED) is 0.0942. The van der Waals surface area contributed by atoms with Crippen molar-refractivity contribution in [3.8, 4) is 10.4 Å². The van der Waals surface area contributed by atoms with E-state index in [0.717, 1.165) is 6.42 Å². The first-order valence-electron chi connectivity index (χ1n) is 19.5. The largest absolute Gasteiger partial charge is 0.392 e. The molecule has 266 valence electrons. The Morgan fingerprint density at radius 1 is 0.760 bits per heavy atom. The molecule has 0 bridgehead atoms. The van der Waals surface area contributed by atoms with Crippen LogP contribution in [-0.2, 0) is 20.3 Å². The highest BCUT2D eigenvalue weighted by atomic mass is 32.2. The van der Waals surface area contributed by atoms with E-state index in [1.165, 1.54) is 139 Å². The van der Waals surface area contributed by atoms with Gasteiger partial charge in [-0.3, -0.25) is 0 Å². The highest BCUT2D eigenvalue weighted by Crippen LogP contribution is 2.65. The van der Waals surface area contributed by atoms with Gasteiger partial charge in [0.25, 0.3) is 0 Å². The van der Waals surface area contributed by atoms with Crippen LogP contribution in [0.3, 0.4) is 0 Å². The summed E-state index contributed by atoms with van der Waals surface area (Å²) in [6, 6.07) is 11.9. The van der Waals surface area contributed by atoms with Crippen molar-refractivity contribution in [1.82, 2.24) is 0 Å². The zero-order valence-corrected chi connectivity index (χ0v) is 32.6. The molecule has 0 spiro atoms. The molecule has 2 saturated heterocycles. The number of ether oxygens (including phenoxy) is 2. The van der Waals surface area contributed by atoms with E-state index in [1.807, 2.05) is 36.5 Å². The van der Waals surface area contributed by atoms with Crippen molar-refractivity contribution in [2.24, 2.45) is 0 Å². The molecule has 2 aromatic carbocycles. The first kappa shape index (κ1) is 34.1. The van der Waals surface area contributed by atoms with Crippen LogP contribution >= 0.6 is 34.4 Å². The molecular weight excluding hydrogens is 677 g/mol. The molecular formula is C43H52O4S3. The minimum Gasteiger partial charge on any atom is -0.392 e. The second-order valence-electron chi connectivity index (χ2n) is 16.0. The summed E-state index contributed by atoms with van der Waals surface area (Å²) in [6.07, 6.45) is 14.9. The first-order chi connectivity index (χ1) is 24.3. The molecule has 5 aliphatic rings. The Morgan fingerprint density at radius 3 is 1.96 bits per heavy atom. The van der Waals surface area contributed by atoms with Crippen molar-refractivity contribution in [2.45, 2.75) is 145 Å². The molecule has 7 heteroatoms. The van der Waals surface area contributed by atoms with Gasteiger partial charge in [-0.25, -0.2) is 0 Å². The van der Waals surface area contributed by atoms with Crippen LogP contribution in [0.15, 0.2) is 35.9 Å². The maximum atomic E-state index is 11.7. The molecule has 5 heterocycles. The number of rotatable bonds is 15. The van der Waals surface area contributed by atoms with Crippen LogP contribution in [0.4, 0.5) is 0 Å². The van der Waals surface area contributed by atoms with Crippen LogP contribution in [0.2, 0.25) is 0 Å². The Kier molecular flexibility index (Phi) is 8.86. The summed E-state index contributed by atoms with van der Waals surface area (Å²) in [6.45, 7) is 9.82. The highest BCUT2D eigenvalue weighted by Gasteiger charge is 2.61. The van der Waals surface area contributed by atoms with Gasteiger partial charge in [0.05, 0.1) is 53.2 Å². The number of hydrogen-bond donors (Lipinski definition) is 2. The first-order valence-corrected chi connectivity index (χ1v) is 22.0. The minimum absolute atomic E-state index is 0.0178. The fourth-order valence-corrected chi connectivity index (χ4v) is 14.5. The topological polar surface area (TPSA) is 65.5 Å². The van der Waals surface area contributed by atoms with E-state index >= 15 is 0 Å². The van der Waals surface area contributed by atoms with E-state index in [2.05, 4.69) is 55.9 Å². The van der Waals surface area contributed by atoms with Crippen molar-refractivity contribution in [2.75, 3.05) is 13.2 Å². The lowest BCUT2D eigenvalue weighted by Crippen LogP contribution is -2.44. The lowest BCUT2D eigenvalue weighted by Gasteiger charge is -2.36. The molecule has 2 aliphatic carbocycles. The van der Waals surface area contributed by atoms with Crippen molar-refractivity contribution < 1.29 is 19.7 Å². The molecule has 2 aromatic heterocycles. The van der Waals surface area contributed by atoms with Crippen LogP contribution in [-0.4, -0.2) is 53.1 Å². The summed E-state index contributed by atoms with van der Waals surface area (Å²) >= 11 is 5.79. The summed E-state index contributed by atoms with van der Waals surface area (Å²) in [7, 11) is 0. The monoisotopic (exact) mass is 728 g/mol. The number of benzene rings is 2. The summed E-state index contributed by atoms with van der Waals surface area (Å²) in [4.78, 5) is 4.00. The molecule has 4 nitrogen and oxygen atoms in total. The van der Waals surface area contributed by atoms with E-state index in [-0.39, 0.29) is 12.2 Å². The Labute approximate surface area is 309 Å². The number of epoxide rings is 2. The third-order valence-corrected chi connectivity index (χ3v) is 16.6. The molecule has 0 saturated carbocycles. The number of aryl methyl sites for hydroxylation is 1. The zero-order chi connectivity index (χ0) is 34.4. The van der Waals surface area contributed by atoms with Gasteiger partial charge in [0, 0.05) is 30.2 Å². The fraction of sp³-hybridized carbons (Fsp3) is 0.581. The third kappa shape index (κ3) is 5.11. The Bertz CT molecular complexity index is 1970. The van der Waals surface area contributed by atoms with E-state index in [1.54, 1.807) is 0 Å². The Balaban J connectivity index is 1.04. The molecule has 2 fully saturated rings. The van der Waals surface area contributed by atoms with Gasteiger partial charge in [0.2, 0.25) is 0 Å². The van der Waals surface area contributed by atoms with E-state index in [9.17, 15) is 10.2 Å². The third-order valence-electron chi connectivity index (χ3n) is 12.8. The normalized spacial score (nSPS) is 28.7. The average molecular weight is 729 g/mol. The SMILES string of the molecule is CCCCCCCCCCCCC1CC2=C(S1)c1cc3cc4c(cc3cc1C2(C(C)O)C1CO1)-c1sc2cc(C)sc2c1C4(C(C)O)C1CO1. The predicted molar refractivity (Wildman–Crippen MR) is 212 cm³/mol. The van der Waals surface area contributed by atoms with Gasteiger partial charge < -0.3 is 19.7 Å². The molecule has 7 atom stereocenters. The van der Waals surface area contributed by atoms with Crippen LogP contribution in [0.1, 0.15) is 125 Å². The molecule has 0 radical (unpaired) electrons. The van der Waals surface area contributed by atoms with E-state index < -0.39 is 23.0 Å². The van der Waals surface area contributed by atoms with Gasteiger partial charge in [-0.2, -0.15) is 0 Å². The molecule has 0 amide bonds. The van der Waals surface area contributed by atoms with Gasteiger partial charge in [0.15, 0.2) is 0 Å². The number of thiophene rings is 2. The van der Waals surface area contributed by atoms with Crippen molar-refractivity contribution in [3.05, 3.63) is 63.0 Å². The van der Waals surface area contributed by atoms with Crippen LogP contribution < -0.4 is 0 Å². The van der Waals surface area contributed by atoms with Crippen molar-refractivity contribution in [3.63, 3.8) is 0 Å². The molecule has 7 unspecified atom stereocenters. The Morgan fingerprint density at radius 2 is 1.34 bits per heavy atom. The van der Waals surface area contributed by atoms with E-state index in [4.69, 9.17) is 9.47 Å². The highest BCUT2D eigenvalue weighted by molar-refractivity contribution is 8.09. The number of unbranched alkanes of at least 4 members (excludes halogenated alkanes) is 9. The zero-order valence-electron chi connectivity index (χ0n) is 30.1. The smallest absolute Gasteiger partial charge is 0.0973 e. The molecule has 2 N–H and O–H groups in total. The van der Waals surface area contributed by atoms with E-state index in [0.29, 0.717) is 18.5 Å². The summed E-state index contributed by atoms with van der Waals surface area (Å²) in [5, 5.41) is 26.4. The fourth-order valence-electron chi connectivity index (χ4n) is 10.3. The summed E-state index contributed by atoms with van der Waals surface area (Å²) in [5.41, 5.74) is 6.68. The number of hydrogen-bond acceptors (Lipinski definition) is 7. The van der Waals surface area contributed by atoms with Gasteiger partial charge in [-0.15, -0.1) is 34.4 Å². The number of fused-ring (bicyclic) bond motifs is 8. The lowest BCUT2D eigenvalue weighted by atomic mass is 9.68. The molecule has 4 aromatic rings. The van der Waals surface area contributed by atoms with Gasteiger partial charge in [-0.1, -0.05) is 71.1 Å². The van der Waals surface area contributed by atoms with Crippen LogP contribution in [0, 0.1) is 6.92 Å². The standard InChI is InChI=1S/C43H52O4S3/c1-5-6-7-8-9-10-11-12-13-14-15-29-21-34-39(49-29)30-17-27-20-33-31(18-28(27)19-32(30)42(34,25(3)44)36-22-46-36)40-38(41-35(50-40)16-24(2)48-41)43(33,26(4)45)37-23-47-37/h16-20,25-26,29,36-37,44-45H,5-15,21-23H2,1-4H3. The second kappa shape index (κ2) is 13.0. The molecule has 3 aliphatic heterocycles. The number of thioether (sulfide) groups is 1. The maximum absolute atomic E-state index is 11.7. The Hall–Kier alpha value is -1.71. The molecule has 50 heavy (non-hydrogen) atoms. The van der Waals surface area contributed by atoms with Gasteiger partial charge in [0.1, 0.15) is 0 Å². The van der Waals surface area contributed by atoms with Gasteiger partial charge >= 0.3 is 0 Å². The number of aliphatic hydroxyl groups is 2. The predicted octanol–water partition coefficient (Wildman–Crippen LogP) is 11.0. The van der Waals surface area contributed by atoms with Crippen molar-refractivity contribution >= 4 is 59.5 Å². The van der Waals surface area contributed by atoms with Crippen molar-refractivity contribution in [1.29, 1.82) is 0 Å². The minimum atomic E-state index is -0.580. The molecule has 9 rings (SSSR count).